The summed E-state index contributed by atoms with van der Waals surface area (Å²) in [5.41, 5.74) is 1.57. The standard InChI is InChI=1S/C15H16N2O3/c1-19-13-5-3-11(4-6-13)8-16-15-14(20-2)7-12(10-18)9-17-15/h3-7,9-10H,8H2,1-2H3,(H,16,17). The summed E-state index contributed by atoms with van der Waals surface area (Å²) in [4.78, 5) is 14.9. The van der Waals surface area contributed by atoms with Crippen molar-refractivity contribution in [1.29, 1.82) is 0 Å². The number of carbonyl (C=O) groups excluding carboxylic acids is 1. The molecule has 1 heterocycles. The zero-order valence-electron chi connectivity index (χ0n) is 11.4. The van der Waals surface area contributed by atoms with Crippen LogP contribution in [0.2, 0.25) is 0 Å². The van der Waals surface area contributed by atoms with Crippen LogP contribution >= 0.6 is 0 Å². The van der Waals surface area contributed by atoms with Crippen molar-refractivity contribution in [2.24, 2.45) is 0 Å². The number of aldehydes is 1. The molecule has 20 heavy (non-hydrogen) atoms. The van der Waals surface area contributed by atoms with Crippen LogP contribution in [0.1, 0.15) is 15.9 Å². The number of pyridine rings is 1. The Morgan fingerprint density at radius 2 is 1.95 bits per heavy atom. The summed E-state index contributed by atoms with van der Waals surface area (Å²) in [7, 11) is 3.18. The summed E-state index contributed by atoms with van der Waals surface area (Å²) in [5.74, 6) is 1.97. The highest BCUT2D eigenvalue weighted by Crippen LogP contribution is 2.22. The number of carbonyl (C=O) groups is 1. The Kier molecular flexibility index (Phi) is 4.55. The average Bonchev–Trinajstić information content (AvgIpc) is 2.53. The number of ether oxygens (including phenoxy) is 2. The Morgan fingerprint density at radius 3 is 2.55 bits per heavy atom. The lowest BCUT2D eigenvalue weighted by molar-refractivity contribution is 0.112. The van der Waals surface area contributed by atoms with Crippen LogP contribution in [0, 0.1) is 0 Å². The largest absolute Gasteiger partial charge is 0.497 e. The zero-order chi connectivity index (χ0) is 14.4. The third-order valence-corrected chi connectivity index (χ3v) is 2.85. The summed E-state index contributed by atoms with van der Waals surface area (Å²) in [6, 6.07) is 9.39. The molecule has 0 saturated carbocycles. The van der Waals surface area contributed by atoms with Crippen LogP contribution in [-0.2, 0) is 6.54 Å². The van der Waals surface area contributed by atoms with Crippen molar-refractivity contribution in [3.05, 3.63) is 47.7 Å². The van der Waals surface area contributed by atoms with E-state index in [1.807, 2.05) is 24.3 Å². The van der Waals surface area contributed by atoms with E-state index in [1.165, 1.54) is 6.20 Å². The van der Waals surface area contributed by atoms with Gasteiger partial charge >= 0.3 is 0 Å². The van der Waals surface area contributed by atoms with Gasteiger partial charge in [-0.05, 0) is 23.8 Å². The van der Waals surface area contributed by atoms with Crippen molar-refractivity contribution in [3.8, 4) is 11.5 Å². The topological polar surface area (TPSA) is 60.5 Å². The number of methoxy groups -OCH3 is 2. The maximum atomic E-state index is 10.7. The Hall–Kier alpha value is -2.56. The first-order valence-electron chi connectivity index (χ1n) is 6.13. The fraction of sp³-hybridized carbons (Fsp3) is 0.200. The van der Waals surface area contributed by atoms with Gasteiger partial charge in [0.25, 0.3) is 0 Å². The van der Waals surface area contributed by atoms with E-state index in [4.69, 9.17) is 9.47 Å². The lowest BCUT2D eigenvalue weighted by atomic mass is 10.2. The van der Waals surface area contributed by atoms with Gasteiger partial charge < -0.3 is 14.8 Å². The predicted octanol–water partition coefficient (Wildman–Crippen LogP) is 2.52. The third-order valence-electron chi connectivity index (χ3n) is 2.85. The Morgan fingerprint density at radius 1 is 1.20 bits per heavy atom. The maximum Gasteiger partial charge on any atom is 0.169 e. The van der Waals surface area contributed by atoms with Crippen molar-refractivity contribution < 1.29 is 14.3 Å². The number of nitrogens with one attached hydrogen (secondary N) is 1. The molecule has 2 aromatic rings. The van der Waals surface area contributed by atoms with Crippen LogP contribution in [0.3, 0.4) is 0 Å². The predicted molar refractivity (Wildman–Crippen MR) is 76.5 cm³/mol. The Labute approximate surface area is 117 Å². The van der Waals surface area contributed by atoms with Crippen molar-refractivity contribution >= 4 is 12.1 Å². The van der Waals surface area contributed by atoms with Gasteiger partial charge in [-0.2, -0.15) is 0 Å². The molecule has 0 atom stereocenters. The van der Waals surface area contributed by atoms with E-state index in [9.17, 15) is 4.79 Å². The average molecular weight is 272 g/mol. The van der Waals surface area contributed by atoms with E-state index in [2.05, 4.69) is 10.3 Å². The molecule has 0 unspecified atom stereocenters. The SMILES string of the molecule is COc1ccc(CNc2ncc(C=O)cc2OC)cc1. The van der Waals surface area contributed by atoms with Crippen LogP contribution in [-0.4, -0.2) is 25.5 Å². The molecular formula is C15H16N2O3. The lowest BCUT2D eigenvalue weighted by Gasteiger charge is -2.10. The molecule has 1 N–H and O–H groups in total. The number of nitrogens with zero attached hydrogens (tertiary/aromatic N) is 1. The van der Waals surface area contributed by atoms with E-state index in [0.29, 0.717) is 23.7 Å². The molecule has 0 amide bonds. The smallest absolute Gasteiger partial charge is 0.169 e. The molecule has 104 valence electrons. The molecule has 1 aromatic carbocycles. The molecule has 0 bridgehead atoms. The number of rotatable bonds is 6. The van der Waals surface area contributed by atoms with E-state index in [-0.39, 0.29) is 0 Å². The van der Waals surface area contributed by atoms with Gasteiger partial charge in [-0.3, -0.25) is 4.79 Å². The molecule has 5 heteroatoms. The van der Waals surface area contributed by atoms with E-state index >= 15 is 0 Å². The van der Waals surface area contributed by atoms with Crippen LogP contribution in [0.5, 0.6) is 11.5 Å². The van der Waals surface area contributed by atoms with Gasteiger partial charge in [0.1, 0.15) is 5.75 Å². The second-order valence-corrected chi connectivity index (χ2v) is 4.14. The van der Waals surface area contributed by atoms with Gasteiger partial charge in [-0.1, -0.05) is 12.1 Å². The van der Waals surface area contributed by atoms with Crippen molar-refractivity contribution in [2.45, 2.75) is 6.54 Å². The molecule has 0 radical (unpaired) electrons. The van der Waals surface area contributed by atoms with E-state index in [0.717, 1.165) is 17.6 Å². The van der Waals surface area contributed by atoms with Crippen molar-refractivity contribution in [2.75, 3.05) is 19.5 Å². The molecule has 0 saturated heterocycles. The van der Waals surface area contributed by atoms with Gasteiger partial charge in [0.2, 0.25) is 0 Å². The van der Waals surface area contributed by atoms with Gasteiger partial charge in [-0.15, -0.1) is 0 Å². The molecule has 0 fully saturated rings. The van der Waals surface area contributed by atoms with Crippen LogP contribution in [0.4, 0.5) is 5.82 Å². The van der Waals surface area contributed by atoms with Crippen LogP contribution < -0.4 is 14.8 Å². The third kappa shape index (κ3) is 3.26. The molecular weight excluding hydrogens is 256 g/mol. The molecule has 0 aliphatic carbocycles. The first-order valence-corrected chi connectivity index (χ1v) is 6.13. The summed E-state index contributed by atoms with van der Waals surface area (Å²) in [6.07, 6.45) is 2.24. The normalized spacial score (nSPS) is 9.90. The summed E-state index contributed by atoms with van der Waals surface area (Å²) < 4.78 is 10.3. The number of aromatic nitrogens is 1. The molecule has 1 aromatic heterocycles. The van der Waals surface area contributed by atoms with Crippen LogP contribution in [0.25, 0.3) is 0 Å². The maximum absolute atomic E-state index is 10.7. The number of hydrogen-bond acceptors (Lipinski definition) is 5. The second-order valence-electron chi connectivity index (χ2n) is 4.14. The number of hydrogen-bond donors (Lipinski definition) is 1. The fourth-order valence-corrected chi connectivity index (χ4v) is 1.74. The highest BCUT2D eigenvalue weighted by atomic mass is 16.5. The van der Waals surface area contributed by atoms with Crippen molar-refractivity contribution in [1.82, 2.24) is 4.98 Å². The number of anilines is 1. The van der Waals surface area contributed by atoms with Crippen molar-refractivity contribution in [3.63, 3.8) is 0 Å². The molecule has 5 nitrogen and oxygen atoms in total. The Bertz CT molecular complexity index is 582. The summed E-state index contributed by atoms with van der Waals surface area (Å²) >= 11 is 0. The van der Waals surface area contributed by atoms with E-state index < -0.39 is 0 Å². The van der Waals surface area contributed by atoms with Gasteiger partial charge in [0.05, 0.1) is 14.2 Å². The highest BCUT2D eigenvalue weighted by molar-refractivity contribution is 5.76. The molecule has 0 spiro atoms. The quantitative estimate of drug-likeness (QED) is 0.819. The zero-order valence-corrected chi connectivity index (χ0v) is 11.4. The monoisotopic (exact) mass is 272 g/mol. The Balaban J connectivity index is 2.07. The molecule has 0 aliphatic rings. The lowest BCUT2D eigenvalue weighted by Crippen LogP contribution is -2.04. The first kappa shape index (κ1) is 13.9. The summed E-state index contributed by atoms with van der Waals surface area (Å²) in [6.45, 7) is 0.605. The minimum atomic E-state index is 0.483. The molecule has 2 rings (SSSR count). The summed E-state index contributed by atoms with van der Waals surface area (Å²) in [5, 5.41) is 3.18. The fourth-order valence-electron chi connectivity index (χ4n) is 1.74. The van der Waals surface area contributed by atoms with E-state index in [1.54, 1.807) is 20.3 Å². The van der Waals surface area contributed by atoms with Crippen LogP contribution in [0.15, 0.2) is 36.5 Å². The number of benzene rings is 1. The minimum absolute atomic E-state index is 0.483. The molecule has 0 aliphatic heterocycles. The van der Waals surface area contributed by atoms with Gasteiger partial charge in [0, 0.05) is 18.3 Å². The highest BCUT2D eigenvalue weighted by Gasteiger charge is 2.05. The van der Waals surface area contributed by atoms with Gasteiger partial charge in [0.15, 0.2) is 17.9 Å². The second kappa shape index (κ2) is 6.56. The first-order chi connectivity index (χ1) is 9.76. The van der Waals surface area contributed by atoms with Gasteiger partial charge in [-0.25, -0.2) is 4.98 Å². The minimum Gasteiger partial charge on any atom is -0.497 e.